The van der Waals surface area contributed by atoms with Crippen LogP contribution < -0.4 is 5.73 Å². The van der Waals surface area contributed by atoms with E-state index >= 15 is 0 Å². The van der Waals surface area contributed by atoms with Crippen LogP contribution in [-0.4, -0.2) is 40.9 Å². The molecule has 7 heteroatoms. The summed E-state index contributed by atoms with van der Waals surface area (Å²) in [6.45, 7) is 4.10. The summed E-state index contributed by atoms with van der Waals surface area (Å²) in [4.78, 5) is 12.9. The quantitative estimate of drug-likeness (QED) is 0.786. The van der Waals surface area contributed by atoms with Gasteiger partial charge in [-0.25, -0.2) is 0 Å². The second-order valence-electron chi connectivity index (χ2n) is 4.39. The summed E-state index contributed by atoms with van der Waals surface area (Å²) in [5.74, 6) is 1.01. The maximum Gasteiger partial charge on any atom is 0.277 e. The van der Waals surface area contributed by atoms with E-state index in [1.165, 1.54) is 16.7 Å². The van der Waals surface area contributed by atoms with Crippen molar-refractivity contribution in [3.63, 3.8) is 0 Å². The number of amides is 1. The Labute approximate surface area is 111 Å². The molecule has 0 radical (unpaired) electrons. The predicted octanol–water partition coefficient (Wildman–Crippen LogP) is 1.30. The highest BCUT2D eigenvalue weighted by Gasteiger charge is 2.20. The minimum Gasteiger partial charge on any atom is -0.414 e. The number of thioether (sulfide) groups is 1. The monoisotopic (exact) mass is 272 g/mol. The number of hydrogen-bond donors (Lipinski definition) is 1. The van der Waals surface area contributed by atoms with Crippen LogP contribution in [0, 0.1) is 5.92 Å². The minimum atomic E-state index is -0.249. The fraction of sp³-hybridized carbons (Fsp3) is 0.727. The molecule has 18 heavy (non-hydrogen) atoms. The van der Waals surface area contributed by atoms with Crippen LogP contribution in [0.15, 0.2) is 9.64 Å². The molecule has 2 N–H and O–H groups in total. The highest BCUT2D eigenvalue weighted by Crippen LogP contribution is 2.24. The first-order chi connectivity index (χ1) is 8.45. The van der Waals surface area contributed by atoms with Crippen molar-refractivity contribution < 1.29 is 9.21 Å². The van der Waals surface area contributed by atoms with E-state index < -0.39 is 0 Å². The summed E-state index contributed by atoms with van der Waals surface area (Å²) >= 11 is 1.23. The van der Waals surface area contributed by atoms with Crippen LogP contribution in [0.1, 0.15) is 32.2 Å². The van der Waals surface area contributed by atoms with Gasteiger partial charge >= 0.3 is 0 Å². The van der Waals surface area contributed by atoms with Gasteiger partial charge in [0.15, 0.2) is 0 Å². The van der Waals surface area contributed by atoms with Crippen molar-refractivity contribution in [1.82, 2.24) is 15.1 Å². The van der Waals surface area contributed by atoms with Crippen LogP contribution in [0.4, 0.5) is 0 Å². The number of nitrogens with zero attached hydrogens (tertiary/aromatic N) is 3. The number of rotatable bonds is 6. The molecule has 102 valence electrons. The molecule has 0 spiro atoms. The van der Waals surface area contributed by atoms with Crippen LogP contribution >= 0.6 is 11.8 Å². The summed E-state index contributed by atoms with van der Waals surface area (Å²) in [6, 6.07) is -0.249. The van der Waals surface area contributed by atoms with Gasteiger partial charge in [0.1, 0.15) is 0 Å². The summed E-state index contributed by atoms with van der Waals surface area (Å²) in [6.07, 6.45) is 0.950. The van der Waals surface area contributed by atoms with Crippen molar-refractivity contribution in [2.45, 2.75) is 31.5 Å². The molecule has 2 unspecified atom stereocenters. The lowest BCUT2D eigenvalue weighted by molar-refractivity contribution is -0.125. The SMILES string of the molecule is CCC(C)C(N)c1nnc(SCC(=O)N(C)C)o1. The number of hydrogen-bond acceptors (Lipinski definition) is 6. The molecule has 2 atom stereocenters. The molecule has 6 nitrogen and oxygen atoms in total. The van der Waals surface area contributed by atoms with Crippen LogP contribution in [-0.2, 0) is 4.79 Å². The Morgan fingerprint density at radius 2 is 2.17 bits per heavy atom. The molecule has 0 aromatic carbocycles. The Bertz CT molecular complexity index is 394. The van der Waals surface area contributed by atoms with Crippen molar-refractivity contribution in [3.05, 3.63) is 5.89 Å². The zero-order valence-corrected chi connectivity index (χ0v) is 12.0. The normalized spacial score (nSPS) is 14.3. The van der Waals surface area contributed by atoms with Gasteiger partial charge in [-0.05, 0) is 5.92 Å². The van der Waals surface area contributed by atoms with Crippen molar-refractivity contribution in [2.24, 2.45) is 11.7 Å². The smallest absolute Gasteiger partial charge is 0.277 e. The fourth-order valence-corrected chi connectivity index (χ4v) is 1.91. The summed E-state index contributed by atoms with van der Waals surface area (Å²) in [7, 11) is 3.42. The average molecular weight is 272 g/mol. The van der Waals surface area contributed by atoms with Crippen molar-refractivity contribution in [2.75, 3.05) is 19.8 Å². The highest BCUT2D eigenvalue weighted by atomic mass is 32.2. The minimum absolute atomic E-state index is 0.00553. The molecule has 1 rings (SSSR count). The molecule has 1 amide bonds. The largest absolute Gasteiger partial charge is 0.414 e. The third-order valence-electron chi connectivity index (χ3n) is 2.78. The Morgan fingerprint density at radius 1 is 1.50 bits per heavy atom. The molecule has 0 aliphatic carbocycles. The fourth-order valence-electron chi connectivity index (χ4n) is 1.16. The zero-order valence-electron chi connectivity index (χ0n) is 11.2. The first kappa shape index (κ1) is 15.0. The van der Waals surface area contributed by atoms with Crippen LogP contribution in [0.3, 0.4) is 0 Å². The third-order valence-corrected chi connectivity index (χ3v) is 3.59. The van der Waals surface area contributed by atoms with E-state index in [0.717, 1.165) is 6.42 Å². The van der Waals surface area contributed by atoms with Crippen LogP contribution in [0.5, 0.6) is 0 Å². The standard InChI is InChI=1S/C11H20N4O2S/c1-5-7(2)9(12)10-13-14-11(17-10)18-6-8(16)15(3)4/h7,9H,5-6,12H2,1-4H3. The third kappa shape index (κ3) is 3.99. The predicted molar refractivity (Wildman–Crippen MR) is 70.1 cm³/mol. The van der Waals surface area contributed by atoms with E-state index in [4.69, 9.17) is 10.2 Å². The molecular formula is C11H20N4O2S. The zero-order chi connectivity index (χ0) is 13.7. The van der Waals surface area contributed by atoms with Gasteiger partial charge in [-0.3, -0.25) is 4.79 Å². The first-order valence-corrected chi connectivity index (χ1v) is 6.86. The molecule has 0 aliphatic rings. The second kappa shape index (κ2) is 6.75. The van der Waals surface area contributed by atoms with Gasteiger partial charge in [0.2, 0.25) is 11.8 Å². The van der Waals surface area contributed by atoms with Crippen molar-refractivity contribution in [1.29, 1.82) is 0 Å². The molecule has 1 aromatic heterocycles. The van der Waals surface area contributed by atoms with Crippen LogP contribution in [0.2, 0.25) is 0 Å². The van der Waals surface area contributed by atoms with Gasteiger partial charge in [0, 0.05) is 14.1 Å². The second-order valence-corrected chi connectivity index (χ2v) is 5.32. The molecule has 0 aliphatic heterocycles. The topological polar surface area (TPSA) is 85.2 Å². The van der Waals surface area contributed by atoms with E-state index in [0.29, 0.717) is 11.1 Å². The van der Waals surface area contributed by atoms with Gasteiger partial charge in [0.05, 0.1) is 11.8 Å². The maximum absolute atomic E-state index is 11.4. The molecule has 0 saturated heterocycles. The number of carbonyl (C=O) groups excluding carboxylic acids is 1. The summed E-state index contributed by atoms with van der Waals surface area (Å²) in [5.41, 5.74) is 5.99. The number of nitrogens with two attached hydrogens (primary N) is 1. The maximum atomic E-state index is 11.4. The van der Waals surface area contributed by atoms with E-state index in [9.17, 15) is 4.79 Å². The molecule has 0 bridgehead atoms. The average Bonchev–Trinajstić information content (AvgIpc) is 2.82. The molecule has 0 fully saturated rings. The Hall–Kier alpha value is -1.08. The lowest BCUT2D eigenvalue weighted by atomic mass is 10.0. The molecular weight excluding hydrogens is 252 g/mol. The van der Waals surface area contributed by atoms with Gasteiger partial charge in [-0.15, -0.1) is 10.2 Å². The molecule has 0 saturated carbocycles. The molecule has 1 aromatic rings. The van der Waals surface area contributed by atoms with Gasteiger partial charge in [-0.1, -0.05) is 32.0 Å². The molecule has 1 heterocycles. The van der Waals surface area contributed by atoms with Crippen molar-refractivity contribution in [3.8, 4) is 0 Å². The van der Waals surface area contributed by atoms with Gasteiger partial charge in [0.25, 0.3) is 5.22 Å². The number of carbonyl (C=O) groups is 1. The summed E-state index contributed by atoms with van der Waals surface area (Å²) in [5, 5.41) is 8.19. The van der Waals surface area contributed by atoms with E-state index in [1.807, 2.05) is 6.92 Å². The van der Waals surface area contributed by atoms with Gasteiger partial charge in [-0.2, -0.15) is 0 Å². The Balaban J connectivity index is 2.56. The van der Waals surface area contributed by atoms with E-state index in [-0.39, 0.29) is 23.6 Å². The summed E-state index contributed by atoms with van der Waals surface area (Å²) < 4.78 is 5.44. The van der Waals surface area contributed by atoms with Gasteiger partial charge < -0.3 is 15.1 Å². The van der Waals surface area contributed by atoms with E-state index in [1.54, 1.807) is 14.1 Å². The Kier molecular flexibility index (Phi) is 5.61. The van der Waals surface area contributed by atoms with Crippen molar-refractivity contribution >= 4 is 17.7 Å². The van der Waals surface area contributed by atoms with E-state index in [2.05, 4.69) is 17.1 Å². The Morgan fingerprint density at radius 3 is 2.72 bits per heavy atom. The van der Waals surface area contributed by atoms with Crippen LogP contribution in [0.25, 0.3) is 0 Å². The number of aromatic nitrogens is 2. The first-order valence-electron chi connectivity index (χ1n) is 5.87. The lowest BCUT2D eigenvalue weighted by Gasteiger charge is -2.13. The highest BCUT2D eigenvalue weighted by molar-refractivity contribution is 7.99. The lowest BCUT2D eigenvalue weighted by Crippen LogP contribution is -2.23.